The number of fused-ring (bicyclic) bond motifs is 2. The summed E-state index contributed by atoms with van der Waals surface area (Å²) in [4.78, 5) is 58.9. The number of aromatic nitrogens is 1. The van der Waals surface area contributed by atoms with Crippen molar-refractivity contribution in [2.45, 2.75) is 95.3 Å². The van der Waals surface area contributed by atoms with Gasteiger partial charge in [0.05, 0.1) is 27.9 Å². The van der Waals surface area contributed by atoms with E-state index in [1.165, 1.54) is 11.3 Å². The van der Waals surface area contributed by atoms with E-state index in [4.69, 9.17) is 33.7 Å². The lowest BCUT2D eigenvalue weighted by molar-refractivity contribution is -0.135. The molecule has 4 atom stereocenters. The van der Waals surface area contributed by atoms with E-state index in [2.05, 4.69) is 26.3 Å². The van der Waals surface area contributed by atoms with Crippen LogP contribution in [-0.2, 0) is 25.6 Å². The zero-order valence-corrected chi connectivity index (χ0v) is 29.9. The fraction of sp³-hybridized carbons (Fsp3) is 0.514. The van der Waals surface area contributed by atoms with Crippen LogP contribution < -0.4 is 31.7 Å². The van der Waals surface area contributed by atoms with Crippen molar-refractivity contribution in [3.63, 3.8) is 0 Å². The Morgan fingerprint density at radius 3 is 2.45 bits per heavy atom. The molecule has 14 heteroatoms. The van der Waals surface area contributed by atoms with Gasteiger partial charge >= 0.3 is 0 Å². The molecule has 3 aromatic rings. The van der Waals surface area contributed by atoms with Crippen LogP contribution in [0.1, 0.15) is 81.3 Å². The lowest BCUT2D eigenvalue weighted by atomic mass is 9.95. The van der Waals surface area contributed by atoms with Gasteiger partial charge in [0.25, 0.3) is 0 Å². The summed E-state index contributed by atoms with van der Waals surface area (Å²) in [6, 6.07) is 7.71. The van der Waals surface area contributed by atoms with E-state index in [9.17, 15) is 19.2 Å². The van der Waals surface area contributed by atoms with Gasteiger partial charge in [0, 0.05) is 34.9 Å². The highest BCUT2D eigenvalue weighted by Gasteiger charge is 2.36. The predicted octanol–water partition coefficient (Wildman–Crippen LogP) is 4.97. The molecule has 1 aliphatic heterocycles. The molecule has 0 spiro atoms. The average Bonchev–Trinajstić information content (AvgIpc) is 3.76. The van der Waals surface area contributed by atoms with Crippen molar-refractivity contribution in [1.29, 1.82) is 0 Å². The van der Waals surface area contributed by atoms with Crippen LogP contribution in [-0.4, -0.2) is 59.9 Å². The number of hydrogen-bond acceptors (Lipinski definition) is 8. The molecule has 2 aromatic carbocycles. The smallest absolute Gasteiger partial charge is 0.243 e. The zero-order chi connectivity index (χ0) is 34.9. The number of unbranched alkanes of at least 4 members (excludes halogenated alkanes) is 1. The van der Waals surface area contributed by atoms with E-state index < -0.39 is 29.9 Å². The zero-order valence-electron chi connectivity index (χ0n) is 27.6. The van der Waals surface area contributed by atoms with Gasteiger partial charge in [-0.25, -0.2) is 4.98 Å². The monoisotopic (exact) mass is 730 g/mol. The van der Waals surface area contributed by atoms with Gasteiger partial charge in [-0.3, -0.25) is 19.2 Å². The van der Waals surface area contributed by atoms with Crippen molar-refractivity contribution < 1.29 is 23.9 Å². The van der Waals surface area contributed by atoms with Crippen LogP contribution in [0.25, 0.3) is 10.2 Å². The number of ether oxygens (including phenoxy) is 1. The van der Waals surface area contributed by atoms with Crippen LogP contribution in [0.15, 0.2) is 36.4 Å². The van der Waals surface area contributed by atoms with E-state index in [-0.39, 0.29) is 36.6 Å². The number of amides is 4. The average molecular weight is 732 g/mol. The number of benzene rings is 2. The highest BCUT2D eigenvalue weighted by atomic mass is 35.5. The first-order chi connectivity index (χ1) is 23.6. The van der Waals surface area contributed by atoms with E-state index in [1.807, 2.05) is 18.2 Å². The van der Waals surface area contributed by atoms with Crippen molar-refractivity contribution in [3.05, 3.63) is 57.0 Å². The normalized spacial score (nSPS) is 17.8. The van der Waals surface area contributed by atoms with Gasteiger partial charge in [-0.2, -0.15) is 0 Å². The fourth-order valence-electron chi connectivity index (χ4n) is 6.46. The molecule has 264 valence electrons. The molecule has 2 heterocycles. The fourth-order valence-corrected chi connectivity index (χ4v) is 7.92. The summed E-state index contributed by atoms with van der Waals surface area (Å²) in [5.41, 5.74) is 7.32. The summed E-state index contributed by atoms with van der Waals surface area (Å²) in [5.74, 6) is -1.01. The van der Waals surface area contributed by atoms with Crippen molar-refractivity contribution in [3.8, 4) is 5.75 Å². The van der Waals surface area contributed by atoms with E-state index in [0.717, 1.165) is 41.5 Å². The Bertz CT molecular complexity index is 1650. The van der Waals surface area contributed by atoms with Gasteiger partial charge < -0.3 is 31.7 Å². The Balaban J connectivity index is 1.32. The summed E-state index contributed by atoms with van der Waals surface area (Å²) in [7, 11) is 0. The van der Waals surface area contributed by atoms with Crippen molar-refractivity contribution in [2.24, 2.45) is 11.7 Å². The second kappa shape index (κ2) is 17.5. The lowest BCUT2D eigenvalue weighted by Crippen LogP contribution is -2.59. The first-order valence-corrected chi connectivity index (χ1v) is 18.6. The maximum Gasteiger partial charge on any atom is 0.243 e. The number of hydrogen-bond donors (Lipinski definition) is 5. The Labute approximate surface area is 300 Å². The first kappa shape index (κ1) is 36.8. The van der Waals surface area contributed by atoms with E-state index >= 15 is 0 Å². The molecule has 0 radical (unpaired) electrons. The van der Waals surface area contributed by atoms with Gasteiger partial charge in [-0.15, -0.1) is 11.3 Å². The third-order valence-electron chi connectivity index (χ3n) is 9.11. The Morgan fingerprint density at radius 2 is 1.69 bits per heavy atom. The highest BCUT2D eigenvalue weighted by molar-refractivity contribution is 7.18. The van der Waals surface area contributed by atoms with Gasteiger partial charge in [-0.1, -0.05) is 49.0 Å². The number of carbonyl (C=O) groups is 4. The van der Waals surface area contributed by atoms with Crippen molar-refractivity contribution >= 4 is 68.4 Å². The predicted molar refractivity (Wildman–Crippen MR) is 192 cm³/mol. The molecule has 0 saturated heterocycles. The summed E-state index contributed by atoms with van der Waals surface area (Å²) in [5, 5.41) is 13.7. The molecule has 6 N–H and O–H groups in total. The largest absolute Gasteiger partial charge is 0.493 e. The summed E-state index contributed by atoms with van der Waals surface area (Å²) >= 11 is 13.7. The molecule has 0 unspecified atom stereocenters. The van der Waals surface area contributed by atoms with Crippen LogP contribution in [0.3, 0.4) is 0 Å². The Hall–Kier alpha value is -3.45. The number of nitrogens with zero attached hydrogens (tertiary/aromatic N) is 1. The molecule has 11 nitrogen and oxygen atoms in total. The molecular weight excluding hydrogens is 687 g/mol. The Kier molecular flexibility index (Phi) is 13.1. The minimum atomic E-state index is -0.953. The Morgan fingerprint density at radius 1 is 0.939 bits per heavy atom. The van der Waals surface area contributed by atoms with Crippen LogP contribution in [0.5, 0.6) is 5.75 Å². The number of halogens is 2. The van der Waals surface area contributed by atoms with E-state index in [1.54, 1.807) is 25.1 Å². The van der Waals surface area contributed by atoms with Crippen LogP contribution in [0.2, 0.25) is 10.0 Å². The molecular formula is C35H44Cl2N6O5S. The van der Waals surface area contributed by atoms with Crippen LogP contribution >= 0.6 is 34.5 Å². The number of rotatable bonds is 15. The maximum atomic E-state index is 14.1. The summed E-state index contributed by atoms with van der Waals surface area (Å²) < 4.78 is 6.63. The number of carbonyl (C=O) groups excluding carboxylic acids is 4. The molecule has 49 heavy (non-hydrogen) atoms. The third-order valence-corrected chi connectivity index (χ3v) is 10.6. The molecule has 1 saturated carbocycles. The van der Waals surface area contributed by atoms with Crippen LogP contribution in [0, 0.1) is 5.92 Å². The summed E-state index contributed by atoms with van der Waals surface area (Å²) in [6.45, 7) is 2.59. The van der Waals surface area contributed by atoms with Gasteiger partial charge in [0.1, 0.15) is 23.9 Å². The summed E-state index contributed by atoms with van der Waals surface area (Å²) in [6.07, 6.45) is 6.00. The number of thiazole rings is 1. The maximum absolute atomic E-state index is 14.1. The minimum Gasteiger partial charge on any atom is -0.493 e. The topological polar surface area (TPSA) is 165 Å². The van der Waals surface area contributed by atoms with Gasteiger partial charge in [-0.05, 0) is 74.9 Å². The standard InChI is InChI=1S/C35H44Cl2N6O5S/c1-2-30(44)39-27(19-31-40-25-13-11-22(37)18-29(25)49-31)34(46)43-32(20-7-3-4-8-20)35(47)42-26(9-5-6-15-38)33(45)41-24-14-16-48-28-17-21(36)10-12-23(24)28/h10-13,17-18,20,24,26-27,32H,2-9,14-16,19,38H2,1H3,(H,39,44)(H,41,45)(H,42,47)(H,43,46)/t24-,26+,27+,32+/m1/s1. The number of nitrogens with two attached hydrogens (primary N) is 1. The second-order valence-electron chi connectivity index (χ2n) is 12.7. The molecule has 5 rings (SSSR count). The highest BCUT2D eigenvalue weighted by Crippen LogP contribution is 2.34. The van der Waals surface area contributed by atoms with Crippen molar-refractivity contribution in [1.82, 2.24) is 26.3 Å². The SMILES string of the molecule is CCC(=O)N[C@@H](Cc1nc2ccc(Cl)cc2s1)C(=O)N[C@H](C(=O)N[C@@H](CCCCN)C(=O)N[C@@H]1CCOc2cc(Cl)ccc21)C1CCCC1. The molecule has 0 bridgehead atoms. The first-order valence-electron chi connectivity index (χ1n) is 17.0. The molecule has 1 aromatic heterocycles. The van der Waals surface area contributed by atoms with Gasteiger partial charge in [0.15, 0.2) is 0 Å². The van der Waals surface area contributed by atoms with Crippen molar-refractivity contribution in [2.75, 3.05) is 13.2 Å². The van der Waals surface area contributed by atoms with Crippen LogP contribution in [0.4, 0.5) is 0 Å². The quantitative estimate of drug-likeness (QED) is 0.138. The molecule has 4 amide bonds. The molecule has 1 aliphatic carbocycles. The minimum absolute atomic E-state index is 0.115. The third kappa shape index (κ3) is 9.84. The molecule has 1 fully saturated rings. The number of nitrogens with one attached hydrogen (secondary N) is 4. The molecule has 2 aliphatic rings. The van der Waals surface area contributed by atoms with Gasteiger partial charge in [0.2, 0.25) is 23.6 Å². The second-order valence-corrected chi connectivity index (χ2v) is 14.6. The lowest BCUT2D eigenvalue weighted by Gasteiger charge is -2.30. The van der Waals surface area contributed by atoms with E-state index in [0.29, 0.717) is 59.6 Å².